The van der Waals surface area contributed by atoms with Crippen molar-refractivity contribution in [1.29, 1.82) is 0 Å². The molecule has 0 saturated carbocycles. The van der Waals surface area contributed by atoms with Crippen LogP contribution in [0.15, 0.2) is 73.2 Å². The Bertz CT molecular complexity index is 2190. The molecule has 4 bridgehead atoms. The molecular formula is C35H31ClF2N8O2. The van der Waals surface area contributed by atoms with Gasteiger partial charge < -0.3 is 14.5 Å². The standard InChI is InChI=1S/C35H31ClF2N8O2/c1-43-30-9-4-13-44(14-12-36)35(47)31-17-24(48-23-6-2-5-21(15-23)25-7-3-8-28(42-43)32(25)30)19-45(31)33-26-18-41-46(34(26)40-20-39-33)29-11-10-22(37)16-27(29)38/h2-3,5-8,10-11,15-16,18,20,24,31H,4,9,12-14,17,19H2,1H3/t24-,31-/m0/s1. The summed E-state index contributed by atoms with van der Waals surface area (Å²) in [5.41, 5.74) is 4.50. The molecule has 0 aliphatic carbocycles. The quantitative estimate of drug-likeness (QED) is 0.223. The van der Waals surface area contributed by atoms with Crippen molar-refractivity contribution in [3.63, 3.8) is 0 Å². The monoisotopic (exact) mass is 668 g/mol. The second-order valence-corrected chi connectivity index (χ2v) is 12.5. The fourth-order valence-corrected chi connectivity index (χ4v) is 7.29. The van der Waals surface area contributed by atoms with Crippen LogP contribution in [0.4, 0.5) is 14.6 Å². The number of nitrogens with zero attached hydrogens (tertiary/aromatic N) is 8. The zero-order valence-corrected chi connectivity index (χ0v) is 26.8. The van der Waals surface area contributed by atoms with Crippen LogP contribution in [0.25, 0.3) is 38.8 Å². The Hall–Kier alpha value is -5.10. The van der Waals surface area contributed by atoms with Crippen LogP contribution < -0.4 is 9.64 Å². The van der Waals surface area contributed by atoms with E-state index in [0.29, 0.717) is 55.1 Å². The van der Waals surface area contributed by atoms with Crippen LogP contribution in [-0.4, -0.2) is 78.0 Å². The second kappa shape index (κ2) is 12.2. The summed E-state index contributed by atoms with van der Waals surface area (Å²) >= 11 is 6.26. The zero-order chi connectivity index (χ0) is 32.9. The van der Waals surface area contributed by atoms with Crippen molar-refractivity contribution in [2.45, 2.75) is 31.4 Å². The first kappa shape index (κ1) is 30.2. The highest BCUT2D eigenvalue weighted by Gasteiger charge is 2.41. The molecule has 1 amide bonds. The molecule has 2 aliphatic rings. The lowest BCUT2D eigenvalue weighted by Gasteiger charge is -2.30. The third-order valence-corrected chi connectivity index (χ3v) is 9.41. The number of hydrogen-bond acceptors (Lipinski definition) is 7. The minimum absolute atomic E-state index is 0.0492. The number of halogens is 3. The summed E-state index contributed by atoms with van der Waals surface area (Å²) in [6.45, 7) is 1.25. The lowest BCUT2D eigenvalue weighted by atomic mass is 9.98. The smallest absolute Gasteiger partial charge is 0.245 e. The average molecular weight is 669 g/mol. The first-order valence-corrected chi connectivity index (χ1v) is 16.4. The summed E-state index contributed by atoms with van der Waals surface area (Å²) in [7, 11) is 1.96. The van der Waals surface area contributed by atoms with Crippen LogP contribution in [0.1, 0.15) is 18.5 Å². The van der Waals surface area contributed by atoms with E-state index in [1.807, 2.05) is 51.9 Å². The van der Waals surface area contributed by atoms with E-state index in [2.05, 4.69) is 27.2 Å². The largest absolute Gasteiger partial charge is 0.488 e. The number of fused-ring (bicyclic) bond motifs is 6. The van der Waals surface area contributed by atoms with E-state index in [0.717, 1.165) is 40.2 Å². The van der Waals surface area contributed by atoms with E-state index in [9.17, 15) is 13.6 Å². The predicted molar refractivity (Wildman–Crippen MR) is 179 cm³/mol. The maximum absolute atomic E-state index is 14.8. The summed E-state index contributed by atoms with van der Waals surface area (Å²) in [6, 6.07) is 16.8. The molecule has 0 spiro atoms. The molecule has 10 nitrogen and oxygen atoms in total. The maximum Gasteiger partial charge on any atom is 0.245 e. The molecule has 5 heterocycles. The number of carbonyl (C=O) groups is 1. The summed E-state index contributed by atoms with van der Waals surface area (Å²) < 4.78 is 38.3. The number of hydrogen-bond donors (Lipinski definition) is 0. The van der Waals surface area contributed by atoms with Crippen molar-refractivity contribution in [2.24, 2.45) is 7.05 Å². The van der Waals surface area contributed by atoms with Gasteiger partial charge in [0.1, 0.15) is 41.5 Å². The number of ether oxygens (including phenoxy) is 1. The number of aryl methyl sites for hydroxylation is 2. The van der Waals surface area contributed by atoms with Crippen LogP contribution in [-0.2, 0) is 18.3 Å². The third-order valence-electron chi connectivity index (χ3n) is 9.24. The molecule has 244 valence electrons. The fraction of sp³-hybridized carbons (Fsp3) is 0.286. The van der Waals surface area contributed by atoms with Gasteiger partial charge >= 0.3 is 0 Å². The summed E-state index contributed by atoms with van der Waals surface area (Å²) in [5.74, 6) is -0.0907. The van der Waals surface area contributed by atoms with Crippen LogP contribution in [0, 0.1) is 11.6 Å². The fourth-order valence-electron chi connectivity index (χ4n) is 7.09. The van der Waals surface area contributed by atoms with Gasteiger partial charge in [0.05, 0.1) is 23.6 Å². The van der Waals surface area contributed by atoms with Gasteiger partial charge in [0, 0.05) is 49.6 Å². The van der Waals surface area contributed by atoms with Gasteiger partial charge in [0.2, 0.25) is 5.91 Å². The summed E-state index contributed by atoms with van der Waals surface area (Å²) in [6.07, 6.45) is 4.40. The third kappa shape index (κ3) is 5.20. The van der Waals surface area contributed by atoms with Gasteiger partial charge in [-0.3, -0.25) is 9.48 Å². The van der Waals surface area contributed by atoms with Gasteiger partial charge in [-0.05, 0) is 54.3 Å². The molecule has 3 aromatic carbocycles. The number of aromatic nitrogens is 6. The minimum Gasteiger partial charge on any atom is -0.488 e. The van der Waals surface area contributed by atoms with Crippen molar-refractivity contribution in [3.8, 4) is 22.6 Å². The van der Waals surface area contributed by atoms with Crippen molar-refractivity contribution < 1.29 is 18.3 Å². The average Bonchev–Trinajstić information content (AvgIpc) is 3.79. The van der Waals surface area contributed by atoms with Crippen molar-refractivity contribution >= 4 is 45.3 Å². The maximum atomic E-state index is 14.8. The molecule has 1 fully saturated rings. The van der Waals surface area contributed by atoms with Gasteiger partial charge in [-0.2, -0.15) is 10.2 Å². The Morgan fingerprint density at radius 1 is 1.06 bits per heavy atom. The molecule has 48 heavy (non-hydrogen) atoms. The van der Waals surface area contributed by atoms with E-state index in [4.69, 9.17) is 21.4 Å². The van der Waals surface area contributed by atoms with E-state index in [1.54, 1.807) is 6.20 Å². The Kier molecular flexibility index (Phi) is 7.67. The van der Waals surface area contributed by atoms with Gasteiger partial charge in [-0.1, -0.05) is 24.3 Å². The van der Waals surface area contributed by atoms with Gasteiger partial charge in [-0.15, -0.1) is 11.6 Å². The van der Waals surface area contributed by atoms with Crippen LogP contribution in [0.2, 0.25) is 0 Å². The highest BCUT2D eigenvalue weighted by Crippen LogP contribution is 2.36. The van der Waals surface area contributed by atoms with Crippen LogP contribution >= 0.6 is 11.6 Å². The first-order chi connectivity index (χ1) is 23.4. The highest BCUT2D eigenvalue weighted by molar-refractivity contribution is 6.18. The minimum atomic E-state index is -0.774. The number of amides is 1. The number of anilines is 1. The molecule has 0 unspecified atom stereocenters. The van der Waals surface area contributed by atoms with Crippen LogP contribution in [0.3, 0.4) is 0 Å². The molecule has 1 saturated heterocycles. The molecular weight excluding hydrogens is 638 g/mol. The number of alkyl halides is 1. The van der Waals surface area contributed by atoms with E-state index in [-0.39, 0.29) is 23.6 Å². The van der Waals surface area contributed by atoms with E-state index < -0.39 is 17.7 Å². The second-order valence-electron chi connectivity index (χ2n) is 12.1. The van der Waals surface area contributed by atoms with Crippen molar-refractivity contribution in [1.82, 2.24) is 34.4 Å². The normalized spacial score (nSPS) is 18.3. The van der Waals surface area contributed by atoms with Gasteiger partial charge in [-0.25, -0.2) is 23.4 Å². The lowest BCUT2D eigenvalue weighted by Crippen LogP contribution is -2.47. The Balaban J connectivity index is 1.21. The van der Waals surface area contributed by atoms with Crippen LogP contribution in [0.5, 0.6) is 5.75 Å². The molecule has 13 heteroatoms. The molecule has 6 aromatic rings. The first-order valence-electron chi connectivity index (χ1n) is 15.9. The molecule has 2 aliphatic heterocycles. The Morgan fingerprint density at radius 2 is 1.94 bits per heavy atom. The van der Waals surface area contributed by atoms with Crippen molar-refractivity contribution in [2.75, 3.05) is 30.4 Å². The van der Waals surface area contributed by atoms with Crippen molar-refractivity contribution in [3.05, 3.63) is 90.5 Å². The molecule has 0 radical (unpaired) electrons. The zero-order valence-electron chi connectivity index (χ0n) is 26.1. The topological polar surface area (TPSA) is 94.2 Å². The molecule has 2 atom stereocenters. The number of benzene rings is 3. The lowest BCUT2D eigenvalue weighted by molar-refractivity contribution is -0.132. The highest BCUT2D eigenvalue weighted by atomic mass is 35.5. The SMILES string of the molecule is Cn1nc2cccc3c2c1CCCN(CCCl)C(=O)[C@@H]1C[C@@H](CN1c1ncnc2c1cnn2-c1ccc(F)cc1F)Oc1cccc-3c1. The Morgan fingerprint density at radius 3 is 2.79 bits per heavy atom. The Labute approximate surface area is 279 Å². The molecule has 0 N–H and O–H groups in total. The predicted octanol–water partition coefficient (Wildman–Crippen LogP) is 5.69. The summed E-state index contributed by atoms with van der Waals surface area (Å²) in [4.78, 5) is 27.2. The van der Waals surface area contributed by atoms with E-state index >= 15 is 0 Å². The van der Waals surface area contributed by atoms with Gasteiger partial charge in [0.25, 0.3) is 0 Å². The molecule has 8 rings (SSSR count). The summed E-state index contributed by atoms with van der Waals surface area (Å²) in [5, 5.41) is 10.8. The van der Waals surface area contributed by atoms with Gasteiger partial charge in [0.15, 0.2) is 11.5 Å². The number of carbonyl (C=O) groups excluding carboxylic acids is 1. The molecule has 3 aromatic heterocycles. The van der Waals surface area contributed by atoms with E-state index in [1.165, 1.54) is 23.1 Å². The number of rotatable bonds is 4.